The normalized spacial score (nSPS) is 17.1. The summed E-state index contributed by atoms with van der Waals surface area (Å²) in [6, 6.07) is 10.6. The molecule has 0 aliphatic carbocycles. The number of hydrogen-bond acceptors (Lipinski definition) is 8. The molecule has 0 saturated heterocycles. The standard InChI is InChI=1S/C20H24F2N6O2S/c1-12(2)23-18-26-17(15-9-6-10-16(25-15)20(3,21)22)27-19(28-18)24-13-7-5-8-14(11-13)31(4,29)30/h5-12,18,23H,1-4H3,(H2,24,26,27,28). The number of alkyl halides is 2. The lowest BCUT2D eigenvalue weighted by molar-refractivity contribution is 0.0127. The summed E-state index contributed by atoms with van der Waals surface area (Å²) in [5, 5.41) is 9.12. The Morgan fingerprint density at radius 3 is 2.48 bits per heavy atom. The van der Waals surface area contributed by atoms with Gasteiger partial charge in [-0.25, -0.2) is 23.4 Å². The van der Waals surface area contributed by atoms with Crippen molar-refractivity contribution in [2.45, 2.75) is 43.9 Å². The summed E-state index contributed by atoms with van der Waals surface area (Å²) in [5.41, 5.74) is 0.343. The summed E-state index contributed by atoms with van der Waals surface area (Å²) < 4.78 is 51.1. The summed E-state index contributed by atoms with van der Waals surface area (Å²) in [7, 11) is -3.38. The van der Waals surface area contributed by atoms with Gasteiger partial charge in [-0.3, -0.25) is 5.32 Å². The first-order chi connectivity index (χ1) is 14.4. The highest BCUT2D eigenvalue weighted by molar-refractivity contribution is 7.90. The van der Waals surface area contributed by atoms with E-state index in [4.69, 9.17) is 0 Å². The van der Waals surface area contributed by atoms with Gasteiger partial charge in [0.15, 0.2) is 22.0 Å². The Balaban J connectivity index is 1.92. The van der Waals surface area contributed by atoms with E-state index in [1.165, 1.54) is 24.3 Å². The maximum Gasteiger partial charge on any atom is 0.286 e. The molecule has 0 spiro atoms. The van der Waals surface area contributed by atoms with Crippen molar-refractivity contribution >= 4 is 27.3 Å². The van der Waals surface area contributed by atoms with Crippen molar-refractivity contribution in [2.24, 2.45) is 9.98 Å². The maximum absolute atomic E-state index is 13.7. The minimum atomic E-state index is -3.38. The zero-order chi connectivity index (χ0) is 22.8. The van der Waals surface area contributed by atoms with Crippen LogP contribution >= 0.6 is 0 Å². The number of aromatic nitrogens is 1. The van der Waals surface area contributed by atoms with Crippen molar-refractivity contribution in [1.29, 1.82) is 0 Å². The lowest BCUT2D eigenvalue weighted by Gasteiger charge is -2.24. The lowest BCUT2D eigenvalue weighted by Crippen LogP contribution is -2.46. The second-order valence-electron chi connectivity index (χ2n) is 7.50. The van der Waals surface area contributed by atoms with Crippen LogP contribution in [0.15, 0.2) is 57.3 Å². The van der Waals surface area contributed by atoms with Crippen LogP contribution in [0.25, 0.3) is 0 Å². The molecule has 11 heteroatoms. The summed E-state index contributed by atoms with van der Waals surface area (Å²) in [6.45, 7) is 4.62. The average Bonchev–Trinajstić information content (AvgIpc) is 2.66. The molecular weight excluding hydrogens is 426 g/mol. The molecule has 1 unspecified atom stereocenters. The van der Waals surface area contributed by atoms with Crippen LogP contribution in [0.1, 0.15) is 32.2 Å². The van der Waals surface area contributed by atoms with E-state index in [1.54, 1.807) is 18.2 Å². The van der Waals surface area contributed by atoms with Crippen LogP contribution in [0.5, 0.6) is 0 Å². The first-order valence-corrected chi connectivity index (χ1v) is 11.4. The predicted octanol–water partition coefficient (Wildman–Crippen LogP) is 2.70. The molecule has 2 heterocycles. The van der Waals surface area contributed by atoms with Crippen molar-refractivity contribution in [3.05, 3.63) is 53.9 Å². The number of nitrogens with one attached hydrogen (secondary N) is 3. The summed E-state index contributed by atoms with van der Waals surface area (Å²) >= 11 is 0. The van der Waals surface area contributed by atoms with Crippen molar-refractivity contribution in [2.75, 3.05) is 11.6 Å². The van der Waals surface area contributed by atoms with Crippen molar-refractivity contribution < 1.29 is 17.2 Å². The van der Waals surface area contributed by atoms with E-state index < -0.39 is 22.0 Å². The van der Waals surface area contributed by atoms with Gasteiger partial charge in [0, 0.05) is 24.9 Å². The van der Waals surface area contributed by atoms with Gasteiger partial charge in [-0.05, 0) is 44.2 Å². The molecule has 1 aliphatic rings. The van der Waals surface area contributed by atoms with Crippen LogP contribution in [-0.4, -0.2) is 43.8 Å². The molecule has 3 N–H and O–H groups in total. The number of sulfone groups is 1. The molecule has 0 radical (unpaired) electrons. The number of guanidine groups is 1. The molecule has 0 bridgehead atoms. The molecule has 3 rings (SSSR count). The zero-order valence-corrected chi connectivity index (χ0v) is 18.3. The third kappa shape index (κ3) is 6.05. The second kappa shape index (κ2) is 8.67. The van der Waals surface area contributed by atoms with Crippen LogP contribution in [0.2, 0.25) is 0 Å². The van der Waals surface area contributed by atoms with E-state index >= 15 is 0 Å². The Labute approximate surface area is 179 Å². The number of hydrogen-bond donors (Lipinski definition) is 3. The largest absolute Gasteiger partial charge is 0.326 e. The van der Waals surface area contributed by atoms with Gasteiger partial charge < -0.3 is 10.6 Å². The number of amidine groups is 1. The second-order valence-corrected chi connectivity index (χ2v) is 9.51. The van der Waals surface area contributed by atoms with E-state index in [2.05, 4.69) is 30.9 Å². The fraction of sp³-hybridized carbons (Fsp3) is 0.350. The molecular formula is C20H24F2N6O2S. The van der Waals surface area contributed by atoms with Gasteiger partial charge in [0.2, 0.25) is 5.96 Å². The highest BCUT2D eigenvalue weighted by atomic mass is 32.2. The number of benzene rings is 1. The smallest absolute Gasteiger partial charge is 0.286 e. The topological polar surface area (TPSA) is 108 Å². The first-order valence-electron chi connectivity index (χ1n) is 9.53. The van der Waals surface area contributed by atoms with Crippen LogP contribution in [0.3, 0.4) is 0 Å². The quantitative estimate of drug-likeness (QED) is 0.625. The monoisotopic (exact) mass is 450 g/mol. The highest BCUT2D eigenvalue weighted by Crippen LogP contribution is 2.25. The predicted molar refractivity (Wildman–Crippen MR) is 116 cm³/mol. The van der Waals surface area contributed by atoms with E-state index in [1.807, 2.05) is 13.8 Å². The molecule has 1 aliphatic heterocycles. The Morgan fingerprint density at radius 2 is 1.84 bits per heavy atom. The SMILES string of the molecule is CC(C)NC1N=C(Nc2cccc(S(C)(=O)=O)c2)NC(c2cccc(C(C)(F)F)n2)=N1. The fourth-order valence-corrected chi connectivity index (χ4v) is 3.44. The number of rotatable bonds is 6. The van der Waals surface area contributed by atoms with Gasteiger partial charge in [-0.1, -0.05) is 12.1 Å². The number of aliphatic imine (C=N–C) groups is 2. The molecule has 1 aromatic carbocycles. The Morgan fingerprint density at radius 1 is 1.13 bits per heavy atom. The molecule has 1 aromatic heterocycles. The third-order valence-corrected chi connectivity index (χ3v) is 5.30. The average molecular weight is 451 g/mol. The molecule has 8 nitrogen and oxygen atoms in total. The minimum Gasteiger partial charge on any atom is -0.326 e. The van der Waals surface area contributed by atoms with Crippen LogP contribution < -0.4 is 16.0 Å². The molecule has 166 valence electrons. The molecule has 1 atom stereocenters. The summed E-state index contributed by atoms with van der Waals surface area (Å²) in [6.07, 6.45) is 0.433. The van der Waals surface area contributed by atoms with Crippen molar-refractivity contribution in [3.63, 3.8) is 0 Å². The Hall–Kier alpha value is -2.92. The van der Waals surface area contributed by atoms with Gasteiger partial charge in [0.05, 0.1) is 4.90 Å². The van der Waals surface area contributed by atoms with Gasteiger partial charge in [0.1, 0.15) is 11.4 Å². The highest BCUT2D eigenvalue weighted by Gasteiger charge is 2.27. The molecule has 0 saturated carbocycles. The molecule has 0 amide bonds. The number of halogens is 2. The van der Waals surface area contributed by atoms with E-state index in [-0.39, 0.29) is 34.1 Å². The fourth-order valence-electron chi connectivity index (χ4n) is 2.77. The van der Waals surface area contributed by atoms with Gasteiger partial charge in [-0.15, -0.1) is 0 Å². The van der Waals surface area contributed by atoms with Gasteiger partial charge in [-0.2, -0.15) is 8.78 Å². The Bertz CT molecular complexity index is 1130. The molecule has 31 heavy (non-hydrogen) atoms. The minimum absolute atomic E-state index is 0.0472. The lowest BCUT2D eigenvalue weighted by atomic mass is 10.2. The van der Waals surface area contributed by atoms with Crippen molar-refractivity contribution in [3.8, 4) is 0 Å². The van der Waals surface area contributed by atoms with Crippen molar-refractivity contribution in [1.82, 2.24) is 15.6 Å². The zero-order valence-electron chi connectivity index (χ0n) is 17.5. The van der Waals surface area contributed by atoms with Crippen LogP contribution in [0, 0.1) is 0 Å². The molecule has 2 aromatic rings. The van der Waals surface area contributed by atoms with Gasteiger partial charge >= 0.3 is 0 Å². The summed E-state index contributed by atoms with van der Waals surface area (Å²) in [4.78, 5) is 13.0. The van der Waals surface area contributed by atoms with E-state index in [0.717, 1.165) is 13.2 Å². The molecule has 0 fully saturated rings. The van der Waals surface area contributed by atoms with Crippen LogP contribution in [0.4, 0.5) is 14.5 Å². The maximum atomic E-state index is 13.7. The van der Waals surface area contributed by atoms with E-state index in [0.29, 0.717) is 5.69 Å². The number of nitrogens with zero attached hydrogens (tertiary/aromatic N) is 3. The van der Waals surface area contributed by atoms with Crippen LogP contribution in [-0.2, 0) is 15.8 Å². The number of anilines is 1. The number of pyridine rings is 1. The Kier molecular flexibility index (Phi) is 6.37. The summed E-state index contributed by atoms with van der Waals surface area (Å²) in [5.74, 6) is -2.58. The van der Waals surface area contributed by atoms with Gasteiger partial charge in [0.25, 0.3) is 5.92 Å². The third-order valence-electron chi connectivity index (χ3n) is 4.19. The first kappa shape index (κ1) is 22.8. The van der Waals surface area contributed by atoms with E-state index in [9.17, 15) is 17.2 Å².